The van der Waals surface area contributed by atoms with Gasteiger partial charge in [-0.3, -0.25) is 4.90 Å². The van der Waals surface area contributed by atoms with E-state index in [9.17, 15) is 0 Å². The van der Waals surface area contributed by atoms with Crippen molar-refractivity contribution in [1.29, 1.82) is 0 Å². The van der Waals surface area contributed by atoms with E-state index in [1.54, 1.807) is 0 Å². The molecule has 0 amide bonds. The lowest BCUT2D eigenvalue weighted by molar-refractivity contribution is 0.121. The van der Waals surface area contributed by atoms with Gasteiger partial charge in [0.25, 0.3) is 0 Å². The maximum atomic E-state index is 4.14. The number of piperazine rings is 1. The SMILES string of the molecule is C=CN1CCN(CC(=C)CCC)C(C)C1. The van der Waals surface area contributed by atoms with Crippen molar-refractivity contribution in [3.63, 3.8) is 0 Å². The summed E-state index contributed by atoms with van der Waals surface area (Å²) in [6.07, 6.45) is 4.32. The minimum atomic E-state index is 0.616. The van der Waals surface area contributed by atoms with E-state index in [1.165, 1.54) is 12.0 Å². The van der Waals surface area contributed by atoms with Crippen LogP contribution in [0, 0.1) is 0 Å². The van der Waals surface area contributed by atoms with Gasteiger partial charge in [-0.25, -0.2) is 0 Å². The average molecular weight is 208 g/mol. The molecule has 1 saturated heterocycles. The van der Waals surface area contributed by atoms with Gasteiger partial charge in [-0.05, 0) is 19.5 Å². The van der Waals surface area contributed by atoms with Crippen molar-refractivity contribution in [3.8, 4) is 0 Å². The molecule has 1 fully saturated rings. The molecular weight excluding hydrogens is 184 g/mol. The maximum Gasteiger partial charge on any atom is 0.0326 e. The predicted molar refractivity (Wildman–Crippen MR) is 66.9 cm³/mol. The van der Waals surface area contributed by atoms with Crippen LogP contribution in [0.4, 0.5) is 0 Å². The van der Waals surface area contributed by atoms with E-state index in [1.807, 2.05) is 6.20 Å². The van der Waals surface area contributed by atoms with Gasteiger partial charge in [0.15, 0.2) is 0 Å². The van der Waals surface area contributed by atoms with Gasteiger partial charge in [-0.2, -0.15) is 0 Å². The van der Waals surface area contributed by atoms with Gasteiger partial charge in [0, 0.05) is 32.2 Å². The summed E-state index contributed by atoms with van der Waals surface area (Å²) in [6, 6.07) is 0.616. The third-order valence-electron chi connectivity index (χ3n) is 3.08. The second-order valence-corrected chi connectivity index (χ2v) is 4.50. The molecule has 2 heteroatoms. The van der Waals surface area contributed by atoms with Gasteiger partial charge in [-0.15, -0.1) is 0 Å². The minimum Gasteiger partial charge on any atom is -0.375 e. The van der Waals surface area contributed by atoms with Crippen molar-refractivity contribution in [2.75, 3.05) is 26.2 Å². The topological polar surface area (TPSA) is 6.48 Å². The maximum absolute atomic E-state index is 4.14. The van der Waals surface area contributed by atoms with Crippen LogP contribution in [0.15, 0.2) is 24.9 Å². The van der Waals surface area contributed by atoms with Crippen LogP contribution in [0.25, 0.3) is 0 Å². The van der Waals surface area contributed by atoms with E-state index < -0.39 is 0 Å². The van der Waals surface area contributed by atoms with E-state index in [4.69, 9.17) is 0 Å². The van der Waals surface area contributed by atoms with Crippen LogP contribution in [0.1, 0.15) is 26.7 Å². The number of hydrogen-bond donors (Lipinski definition) is 0. The number of nitrogens with zero attached hydrogens (tertiary/aromatic N) is 2. The van der Waals surface area contributed by atoms with Crippen molar-refractivity contribution in [3.05, 3.63) is 24.9 Å². The highest BCUT2D eigenvalue weighted by molar-refractivity contribution is 4.99. The number of hydrogen-bond acceptors (Lipinski definition) is 2. The smallest absolute Gasteiger partial charge is 0.0326 e. The number of rotatable bonds is 5. The Kier molecular flexibility index (Phi) is 4.89. The molecule has 0 saturated carbocycles. The minimum absolute atomic E-state index is 0.616. The lowest BCUT2D eigenvalue weighted by Crippen LogP contribution is -2.50. The standard InChI is InChI=1S/C13H24N2/c1-5-7-12(3)10-15-9-8-14(6-2)11-13(15)4/h6,13H,2-3,5,7-11H2,1,4H3. The summed E-state index contributed by atoms with van der Waals surface area (Å²) < 4.78 is 0. The summed E-state index contributed by atoms with van der Waals surface area (Å²) in [5.74, 6) is 0. The lowest BCUT2D eigenvalue weighted by Gasteiger charge is -2.39. The van der Waals surface area contributed by atoms with Crippen LogP contribution in [-0.4, -0.2) is 42.0 Å². The summed E-state index contributed by atoms with van der Waals surface area (Å²) in [5.41, 5.74) is 1.37. The zero-order valence-corrected chi connectivity index (χ0v) is 10.2. The Morgan fingerprint density at radius 2 is 2.20 bits per heavy atom. The Balaban J connectivity index is 2.37. The van der Waals surface area contributed by atoms with Crippen molar-refractivity contribution in [1.82, 2.24) is 9.80 Å². The molecule has 0 aromatic carbocycles. The Morgan fingerprint density at radius 3 is 2.73 bits per heavy atom. The fourth-order valence-corrected chi connectivity index (χ4v) is 2.14. The monoisotopic (exact) mass is 208 g/mol. The highest BCUT2D eigenvalue weighted by atomic mass is 15.3. The first-order chi connectivity index (χ1) is 7.17. The zero-order chi connectivity index (χ0) is 11.3. The van der Waals surface area contributed by atoms with Crippen LogP contribution in [0.5, 0.6) is 0 Å². The molecule has 0 N–H and O–H groups in total. The Morgan fingerprint density at radius 1 is 1.47 bits per heavy atom. The molecule has 15 heavy (non-hydrogen) atoms. The van der Waals surface area contributed by atoms with E-state index in [-0.39, 0.29) is 0 Å². The molecule has 2 nitrogen and oxygen atoms in total. The first-order valence-corrected chi connectivity index (χ1v) is 5.94. The molecule has 86 valence electrons. The second-order valence-electron chi connectivity index (χ2n) is 4.50. The normalized spacial score (nSPS) is 22.8. The summed E-state index contributed by atoms with van der Waals surface area (Å²) in [4.78, 5) is 4.82. The van der Waals surface area contributed by atoms with Crippen LogP contribution in [-0.2, 0) is 0 Å². The molecule has 0 aromatic rings. The predicted octanol–water partition coefficient (Wildman–Crippen LogP) is 2.49. The Bertz CT molecular complexity index is 223. The zero-order valence-electron chi connectivity index (χ0n) is 10.2. The molecule has 1 unspecified atom stereocenters. The van der Waals surface area contributed by atoms with Crippen LogP contribution >= 0.6 is 0 Å². The Labute approximate surface area is 94.3 Å². The molecular formula is C13H24N2. The first kappa shape index (κ1) is 12.3. The molecule has 1 atom stereocenters. The molecule has 0 radical (unpaired) electrons. The fraction of sp³-hybridized carbons (Fsp3) is 0.692. The van der Waals surface area contributed by atoms with Crippen molar-refractivity contribution >= 4 is 0 Å². The highest BCUT2D eigenvalue weighted by Crippen LogP contribution is 2.13. The third-order valence-corrected chi connectivity index (χ3v) is 3.08. The van der Waals surface area contributed by atoms with Crippen molar-refractivity contribution < 1.29 is 0 Å². The van der Waals surface area contributed by atoms with E-state index in [2.05, 4.69) is 36.8 Å². The summed E-state index contributed by atoms with van der Waals surface area (Å²) >= 11 is 0. The quantitative estimate of drug-likeness (QED) is 0.641. The molecule has 0 bridgehead atoms. The largest absolute Gasteiger partial charge is 0.375 e. The van der Waals surface area contributed by atoms with Crippen molar-refractivity contribution in [2.24, 2.45) is 0 Å². The summed E-state index contributed by atoms with van der Waals surface area (Å²) in [5, 5.41) is 0. The lowest BCUT2D eigenvalue weighted by atomic mass is 10.1. The molecule has 0 spiro atoms. The molecule has 1 rings (SSSR count). The van der Waals surface area contributed by atoms with Crippen LogP contribution in [0.2, 0.25) is 0 Å². The Hall–Kier alpha value is -0.760. The van der Waals surface area contributed by atoms with Gasteiger partial charge in [0.05, 0.1) is 0 Å². The average Bonchev–Trinajstić information content (AvgIpc) is 2.21. The van der Waals surface area contributed by atoms with E-state index in [0.29, 0.717) is 6.04 Å². The molecule has 1 aliphatic rings. The molecule has 1 heterocycles. The van der Waals surface area contributed by atoms with Gasteiger partial charge >= 0.3 is 0 Å². The molecule has 0 aliphatic carbocycles. The van der Waals surface area contributed by atoms with Gasteiger partial charge in [0.2, 0.25) is 0 Å². The fourth-order valence-electron chi connectivity index (χ4n) is 2.14. The summed E-state index contributed by atoms with van der Waals surface area (Å²) in [6.45, 7) is 16.9. The second kappa shape index (κ2) is 5.96. The molecule has 1 aliphatic heterocycles. The summed E-state index contributed by atoms with van der Waals surface area (Å²) in [7, 11) is 0. The van der Waals surface area contributed by atoms with Crippen molar-refractivity contribution in [2.45, 2.75) is 32.7 Å². The van der Waals surface area contributed by atoms with E-state index >= 15 is 0 Å². The van der Waals surface area contributed by atoms with E-state index in [0.717, 1.165) is 32.6 Å². The van der Waals surface area contributed by atoms with Gasteiger partial charge < -0.3 is 4.90 Å². The van der Waals surface area contributed by atoms with Crippen LogP contribution in [0.3, 0.4) is 0 Å². The van der Waals surface area contributed by atoms with Gasteiger partial charge in [-0.1, -0.05) is 32.1 Å². The molecule has 0 aromatic heterocycles. The highest BCUT2D eigenvalue weighted by Gasteiger charge is 2.21. The van der Waals surface area contributed by atoms with Gasteiger partial charge in [0.1, 0.15) is 0 Å². The van der Waals surface area contributed by atoms with Crippen LogP contribution < -0.4 is 0 Å². The third kappa shape index (κ3) is 3.71. The first-order valence-electron chi connectivity index (χ1n) is 5.94.